The van der Waals surface area contributed by atoms with Gasteiger partial charge in [0.15, 0.2) is 9.84 Å². The van der Waals surface area contributed by atoms with Crippen molar-refractivity contribution in [3.63, 3.8) is 0 Å². The van der Waals surface area contributed by atoms with Gasteiger partial charge < -0.3 is 0 Å². The molecule has 16 heavy (non-hydrogen) atoms. The number of hydrogen-bond donors (Lipinski definition) is 0. The zero-order valence-electron chi connectivity index (χ0n) is 9.93. The van der Waals surface area contributed by atoms with Gasteiger partial charge in [-0.15, -0.1) is 0 Å². The van der Waals surface area contributed by atoms with Gasteiger partial charge in [-0.25, -0.2) is 8.42 Å². The Morgan fingerprint density at radius 1 is 1.25 bits per heavy atom. The highest BCUT2D eigenvalue weighted by Crippen LogP contribution is 2.17. The molecular weight excluding hydrogens is 224 g/mol. The molecule has 0 aliphatic rings. The van der Waals surface area contributed by atoms with Crippen LogP contribution in [-0.2, 0) is 16.9 Å². The number of benzene rings is 1. The normalized spacial score (nSPS) is 11.0. The summed E-state index contributed by atoms with van der Waals surface area (Å²) in [6.45, 7) is 4.00. The summed E-state index contributed by atoms with van der Waals surface area (Å²) in [7, 11) is -1.34. The Labute approximate surface area is 95.8 Å². The lowest BCUT2D eigenvalue weighted by molar-refractivity contribution is 0.602. The fourth-order valence-corrected chi connectivity index (χ4v) is 2.00. The highest BCUT2D eigenvalue weighted by molar-refractivity contribution is 7.90. The van der Waals surface area contributed by atoms with Crippen LogP contribution in [-0.4, -0.2) is 24.5 Å². The Morgan fingerprint density at radius 3 is 2.44 bits per heavy atom. The fraction of sp³-hybridized carbons (Fsp3) is 0.364. The van der Waals surface area contributed by atoms with Crippen molar-refractivity contribution in [1.82, 2.24) is 9.78 Å². The molecule has 2 aromatic rings. The second-order valence-corrected chi connectivity index (χ2v) is 5.28. The van der Waals surface area contributed by atoms with E-state index in [4.69, 9.17) is 0 Å². The third-order valence-corrected chi connectivity index (χ3v) is 3.26. The van der Waals surface area contributed by atoms with Gasteiger partial charge in [0.2, 0.25) is 0 Å². The van der Waals surface area contributed by atoms with E-state index in [1.54, 1.807) is 36.1 Å². The molecule has 0 fully saturated rings. The molecular formula is C11H16N2O2S. The predicted molar refractivity (Wildman–Crippen MR) is 65.2 cm³/mol. The van der Waals surface area contributed by atoms with E-state index in [1.807, 2.05) is 13.8 Å². The Balaban J connectivity index is 0.000000606. The summed E-state index contributed by atoms with van der Waals surface area (Å²) in [6, 6.07) is 5.00. The van der Waals surface area contributed by atoms with Gasteiger partial charge in [-0.2, -0.15) is 5.10 Å². The van der Waals surface area contributed by atoms with E-state index in [9.17, 15) is 8.42 Å². The van der Waals surface area contributed by atoms with Crippen molar-refractivity contribution in [2.45, 2.75) is 18.7 Å². The number of aromatic nitrogens is 2. The van der Waals surface area contributed by atoms with E-state index in [1.165, 1.54) is 6.26 Å². The number of hydrogen-bond acceptors (Lipinski definition) is 3. The minimum atomic E-state index is -3.13. The molecule has 0 saturated carbocycles. The number of nitrogens with zero attached hydrogens (tertiary/aromatic N) is 2. The van der Waals surface area contributed by atoms with Crippen LogP contribution in [0.5, 0.6) is 0 Å². The van der Waals surface area contributed by atoms with Crippen LogP contribution in [0.4, 0.5) is 0 Å². The first-order chi connectivity index (χ1) is 7.48. The zero-order valence-corrected chi connectivity index (χ0v) is 10.7. The monoisotopic (exact) mass is 240 g/mol. The molecule has 0 radical (unpaired) electrons. The molecule has 1 heterocycles. The summed E-state index contributed by atoms with van der Waals surface area (Å²) in [5.74, 6) is 0. The lowest BCUT2D eigenvalue weighted by Crippen LogP contribution is -1.97. The average molecular weight is 240 g/mol. The van der Waals surface area contributed by atoms with Gasteiger partial charge in [0.05, 0.1) is 16.6 Å². The Morgan fingerprint density at radius 2 is 1.88 bits per heavy atom. The van der Waals surface area contributed by atoms with Gasteiger partial charge in [-0.1, -0.05) is 13.8 Å². The van der Waals surface area contributed by atoms with E-state index in [2.05, 4.69) is 5.10 Å². The lowest BCUT2D eigenvalue weighted by atomic mass is 10.3. The summed E-state index contributed by atoms with van der Waals surface area (Å²) < 4.78 is 24.2. The largest absolute Gasteiger partial charge is 0.268 e. The van der Waals surface area contributed by atoms with Crippen LogP contribution in [0, 0.1) is 0 Å². The zero-order chi connectivity index (χ0) is 12.3. The van der Waals surface area contributed by atoms with Gasteiger partial charge in [-0.3, -0.25) is 4.68 Å². The summed E-state index contributed by atoms with van der Waals surface area (Å²) in [5.41, 5.74) is 0.827. The molecule has 0 saturated heterocycles. The van der Waals surface area contributed by atoms with Gasteiger partial charge in [0.1, 0.15) is 0 Å². The Kier molecular flexibility index (Phi) is 3.70. The van der Waals surface area contributed by atoms with Gasteiger partial charge in [0, 0.05) is 18.7 Å². The Hall–Kier alpha value is -1.36. The van der Waals surface area contributed by atoms with Crippen molar-refractivity contribution >= 4 is 20.7 Å². The Bertz CT molecular complexity index is 585. The highest BCUT2D eigenvalue weighted by atomic mass is 32.2. The van der Waals surface area contributed by atoms with Gasteiger partial charge in [0.25, 0.3) is 0 Å². The maximum absolute atomic E-state index is 11.3. The van der Waals surface area contributed by atoms with Crippen molar-refractivity contribution in [3.8, 4) is 0 Å². The second kappa shape index (κ2) is 4.65. The first-order valence-electron chi connectivity index (χ1n) is 5.10. The molecule has 0 bridgehead atoms. The SMILES string of the molecule is CC.Cn1ncc2ccc(S(C)(=O)=O)cc21. The number of sulfone groups is 1. The first-order valence-corrected chi connectivity index (χ1v) is 6.99. The first kappa shape index (κ1) is 12.7. The molecule has 1 aromatic heterocycles. The van der Waals surface area contributed by atoms with E-state index in [0.717, 1.165) is 10.9 Å². The third kappa shape index (κ3) is 2.41. The molecule has 0 N–H and O–H groups in total. The van der Waals surface area contributed by atoms with Crippen LogP contribution in [0.3, 0.4) is 0 Å². The van der Waals surface area contributed by atoms with E-state index in [-0.39, 0.29) is 0 Å². The van der Waals surface area contributed by atoms with Crippen molar-refractivity contribution in [2.75, 3.05) is 6.26 Å². The average Bonchev–Trinajstić information content (AvgIpc) is 2.62. The van der Waals surface area contributed by atoms with E-state index in [0.29, 0.717) is 4.90 Å². The van der Waals surface area contributed by atoms with E-state index < -0.39 is 9.84 Å². The summed E-state index contributed by atoms with van der Waals surface area (Å²) in [5, 5.41) is 4.99. The standard InChI is InChI=1S/C9H10N2O2S.C2H6/c1-11-9-5-8(14(2,12)13)4-3-7(9)6-10-11;1-2/h3-6H,1-2H3;1-2H3. The van der Waals surface area contributed by atoms with Crippen molar-refractivity contribution in [1.29, 1.82) is 0 Å². The van der Waals surface area contributed by atoms with Crippen LogP contribution in [0.2, 0.25) is 0 Å². The second-order valence-electron chi connectivity index (χ2n) is 3.26. The maximum Gasteiger partial charge on any atom is 0.175 e. The van der Waals surface area contributed by atoms with Crippen LogP contribution >= 0.6 is 0 Å². The third-order valence-electron chi connectivity index (χ3n) is 2.15. The van der Waals surface area contributed by atoms with Crippen LogP contribution in [0.1, 0.15) is 13.8 Å². The molecule has 0 aliphatic carbocycles. The van der Waals surface area contributed by atoms with Crippen LogP contribution in [0.15, 0.2) is 29.3 Å². The molecule has 0 amide bonds. The maximum atomic E-state index is 11.3. The van der Waals surface area contributed by atoms with Gasteiger partial charge in [-0.05, 0) is 18.2 Å². The smallest absolute Gasteiger partial charge is 0.175 e. The predicted octanol–water partition coefficient (Wildman–Crippen LogP) is 2.00. The molecule has 88 valence electrons. The molecule has 0 atom stereocenters. The number of fused-ring (bicyclic) bond motifs is 1. The summed E-state index contributed by atoms with van der Waals surface area (Å²) in [4.78, 5) is 0.327. The number of aryl methyl sites for hydroxylation is 1. The van der Waals surface area contributed by atoms with E-state index >= 15 is 0 Å². The molecule has 5 heteroatoms. The molecule has 4 nitrogen and oxygen atoms in total. The molecule has 0 spiro atoms. The van der Waals surface area contributed by atoms with Crippen LogP contribution in [0.25, 0.3) is 10.9 Å². The summed E-state index contributed by atoms with van der Waals surface area (Å²) >= 11 is 0. The minimum absolute atomic E-state index is 0.327. The van der Waals surface area contributed by atoms with Crippen molar-refractivity contribution < 1.29 is 8.42 Å². The lowest BCUT2D eigenvalue weighted by Gasteiger charge is -1.99. The molecule has 1 aromatic carbocycles. The van der Waals surface area contributed by atoms with Gasteiger partial charge >= 0.3 is 0 Å². The number of rotatable bonds is 1. The van der Waals surface area contributed by atoms with Crippen LogP contribution < -0.4 is 0 Å². The quantitative estimate of drug-likeness (QED) is 0.766. The summed E-state index contributed by atoms with van der Waals surface area (Å²) in [6.07, 6.45) is 2.91. The molecule has 2 rings (SSSR count). The highest BCUT2D eigenvalue weighted by Gasteiger charge is 2.08. The topological polar surface area (TPSA) is 52.0 Å². The fourth-order valence-electron chi connectivity index (χ4n) is 1.35. The molecule has 0 aliphatic heterocycles. The molecule has 0 unspecified atom stereocenters. The minimum Gasteiger partial charge on any atom is -0.268 e. The van der Waals surface area contributed by atoms with Crippen molar-refractivity contribution in [2.24, 2.45) is 7.05 Å². The van der Waals surface area contributed by atoms with Crippen molar-refractivity contribution in [3.05, 3.63) is 24.4 Å².